The standard InChI is InChI=1S/C18H39N/c1-8-10-11-16(9-2)13-17(19-7)12-15(3)14-18(4,5)6/h15-17,19H,8-14H2,1-7H3. The predicted molar refractivity (Wildman–Crippen MR) is 88.6 cm³/mol. The van der Waals surface area contributed by atoms with Crippen LogP contribution in [0.1, 0.15) is 86.5 Å². The third-order valence-corrected chi connectivity index (χ3v) is 4.22. The predicted octanol–water partition coefficient (Wildman–Crippen LogP) is 5.64. The van der Waals surface area contributed by atoms with E-state index in [0.717, 1.165) is 11.8 Å². The van der Waals surface area contributed by atoms with Gasteiger partial charge in [-0.15, -0.1) is 0 Å². The minimum atomic E-state index is 0.462. The molecular formula is C18H39N. The number of hydrogen-bond acceptors (Lipinski definition) is 1. The summed E-state index contributed by atoms with van der Waals surface area (Å²) in [6, 6.07) is 0.708. The largest absolute Gasteiger partial charge is 0.317 e. The lowest BCUT2D eigenvalue weighted by atomic mass is 9.81. The van der Waals surface area contributed by atoms with Gasteiger partial charge in [-0.2, -0.15) is 0 Å². The van der Waals surface area contributed by atoms with E-state index in [1.165, 1.54) is 44.9 Å². The molecule has 0 aliphatic heterocycles. The maximum Gasteiger partial charge on any atom is 0.00692 e. The van der Waals surface area contributed by atoms with Crippen molar-refractivity contribution < 1.29 is 0 Å². The van der Waals surface area contributed by atoms with Gasteiger partial charge in [0.2, 0.25) is 0 Å². The molecule has 0 saturated heterocycles. The van der Waals surface area contributed by atoms with Crippen molar-refractivity contribution in [3.05, 3.63) is 0 Å². The van der Waals surface area contributed by atoms with Gasteiger partial charge >= 0.3 is 0 Å². The SMILES string of the molecule is CCCCC(CC)CC(CC(C)CC(C)(C)C)NC. The van der Waals surface area contributed by atoms with Gasteiger partial charge in [0.15, 0.2) is 0 Å². The van der Waals surface area contributed by atoms with E-state index in [4.69, 9.17) is 0 Å². The first-order valence-electron chi connectivity index (χ1n) is 8.49. The minimum Gasteiger partial charge on any atom is -0.317 e. The molecule has 0 aliphatic rings. The normalized spacial score (nSPS) is 17.2. The molecule has 0 heterocycles. The van der Waals surface area contributed by atoms with Crippen molar-refractivity contribution in [1.82, 2.24) is 5.32 Å². The van der Waals surface area contributed by atoms with Gasteiger partial charge in [0.1, 0.15) is 0 Å². The second kappa shape index (κ2) is 9.80. The van der Waals surface area contributed by atoms with Crippen molar-refractivity contribution in [3.8, 4) is 0 Å². The third-order valence-electron chi connectivity index (χ3n) is 4.22. The average Bonchev–Trinajstić information content (AvgIpc) is 2.30. The van der Waals surface area contributed by atoms with E-state index >= 15 is 0 Å². The molecule has 0 amide bonds. The van der Waals surface area contributed by atoms with Gasteiger partial charge in [0, 0.05) is 6.04 Å². The molecule has 3 unspecified atom stereocenters. The maximum absolute atomic E-state index is 3.56. The maximum atomic E-state index is 3.56. The molecule has 0 saturated carbocycles. The van der Waals surface area contributed by atoms with Crippen LogP contribution in [0.5, 0.6) is 0 Å². The quantitative estimate of drug-likeness (QED) is 0.541. The van der Waals surface area contributed by atoms with Crippen molar-refractivity contribution in [1.29, 1.82) is 0 Å². The smallest absolute Gasteiger partial charge is 0.00692 e. The first-order valence-corrected chi connectivity index (χ1v) is 8.49. The number of rotatable bonds is 10. The van der Waals surface area contributed by atoms with Crippen LogP contribution in [0.15, 0.2) is 0 Å². The summed E-state index contributed by atoms with van der Waals surface area (Å²) in [5.41, 5.74) is 0.462. The van der Waals surface area contributed by atoms with E-state index in [2.05, 4.69) is 53.9 Å². The molecule has 0 spiro atoms. The van der Waals surface area contributed by atoms with E-state index < -0.39 is 0 Å². The van der Waals surface area contributed by atoms with Crippen LogP contribution in [0.4, 0.5) is 0 Å². The van der Waals surface area contributed by atoms with Gasteiger partial charge in [-0.1, -0.05) is 67.2 Å². The Morgan fingerprint density at radius 3 is 2.11 bits per heavy atom. The van der Waals surface area contributed by atoms with Crippen LogP contribution < -0.4 is 5.32 Å². The topological polar surface area (TPSA) is 12.0 Å². The molecule has 0 rings (SSSR count). The first-order chi connectivity index (χ1) is 8.82. The van der Waals surface area contributed by atoms with E-state index in [0.29, 0.717) is 11.5 Å². The zero-order valence-corrected chi connectivity index (χ0v) is 14.7. The van der Waals surface area contributed by atoms with E-state index in [1.54, 1.807) is 0 Å². The molecule has 0 aromatic heterocycles. The molecule has 3 atom stereocenters. The van der Waals surface area contributed by atoms with Crippen LogP contribution in [0.2, 0.25) is 0 Å². The highest BCUT2D eigenvalue weighted by Crippen LogP contribution is 2.28. The summed E-state index contributed by atoms with van der Waals surface area (Å²) in [5.74, 6) is 1.74. The fourth-order valence-electron chi connectivity index (χ4n) is 3.33. The Kier molecular flexibility index (Phi) is 9.78. The van der Waals surface area contributed by atoms with Crippen molar-refractivity contribution in [2.24, 2.45) is 17.3 Å². The molecule has 0 bridgehead atoms. The summed E-state index contributed by atoms with van der Waals surface area (Å²) in [5, 5.41) is 3.56. The summed E-state index contributed by atoms with van der Waals surface area (Å²) in [6.07, 6.45) is 9.51. The van der Waals surface area contributed by atoms with Crippen LogP contribution in [-0.4, -0.2) is 13.1 Å². The Bertz CT molecular complexity index is 204. The van der Waals surface area contributed by atoms with Crippen molar-refractivity contribution in [3.63, 3.8) is 0 Å². The molecule has 0 fully saturated rings. The summed E-state index contributed by atoms with van der Waals surface area (Å²) in [4.78, 5) is 0. The molecule has 1 N–H and O–H groups in total. The van der Waals surface area contributed by atoms with Crippen LogP contribution in [0.3, 0.4) is 0 Å². The van der Waals surface area contributed by atoms with Gasteiger partial charge in [-0.25, -0.2) is 0 Å². The van der Waals surface area contributed by atoms with E-state index in [-0.39, 0.29) is 0 Å². The number of nitrogens with one attached hydrogen (secondary N) is 1. The molecular weight excluding hydrogens is 230 g/mol. The van der Waals surface area contributed by atoms with Crippen molar-refractivity contribution in [2.45, 2.75) is 92.5 Å². The van der Waals surface area contributed by atoms with Crippen LogP contribution in [0, 0.1) is 17.3 Å². The number of hydrogen-bond donors (Lipinski definition) is 1. The molecule has 0 radical (unpaired) electrons. The Morgan fingerprint density at radius 2 is 1.68 bits per heavy atom. The molecule has 1 heteroatoms. The second-order valence-electron chi connectivity index (χ2n) is 7.74. The van der Waals surface area contributed by atoms with Crippen molar-refractivity contribution >= 4 is 0 Å². The average molecular weight is 270 g/mol. The Labute approximate surface area is 122 Å². The van der Waals surface area contributed by atoms with Crippen LogP contribution in [0.25, 0.3) is 0 Å². The summed E-state index contributed by atoms with van der Waals surface area (Å²) in [7, 11) is 2.14. The molecule has 0 aliphatic carbocycles. The van der Waals surface area contributed by atoms with Gasteiger partial charge < -0.3 is 5.32 Å². The van der Waals surface area contributed by atoms with Crippen LogP contribution in [-0.2, 0) is 0 Å². The fourth-order valence-corrected chi connectivity index (χ4v) is 3.33. The summed E-state index contributed by atoms with van der Waals surface area (Å²) >= 11 is 0. The second-order valence-corrected chi connectivity index (χ2v) is 7.74. The molecule has 19 heavy (non-hydrogen) atoms. The molecule has 0 aromatic rings. The minimum absolute atomic E-state index is 0.462. The molecule has 0 aromatic carbocycles. The van der Waals surface area contributed by atoms with Crippen LogP contribution >= 0.6 is 0 Å². The van der Waals surface area contributed by atoms with E-state index in [1.807, 2.05) is 0 Å². The first kappa shape index (κ1) is 19.0. The summed E-state index contributed by atoms with van der Waals surface area (Å²) in [6.45, 7) is 14.1. The highest BCUT2D eigenvalue weighted by molar-refractivity contribution is 4.75. The lowest BCUT2D eigenvalue weighted by Gasteiger charge is -2.28. The van der Waals surface area contributed by atoms with E-state index in [9.17, 15) is 0 Å². The lowest BCUT2D eigenvalue weighted by molar-refractivity contribution is 0.258. The highest BCUT2D eigenvalue weighted by Gasteiger charge is 2.20. The lowest BCUT2D eigenvalue weighted by Crippen LogP contribution is -2.30. The van der Waals surface area contributed by atoms with Gasteiger partial charge in [-0.3, -0.25) is 0 Å². The van der Waals surface area contributed by atoms with Gasteiger partial charge in [0.05, 0.1) is 0 Å². The fraction of sp³-hybridized carbons (Fsp3) is 1.00. The molecule has 1 nitrogen and oxygen atoms in total. The Morgan fingerprint density at radius 1 is 1.05 bits per heavy atom. The Balaban J connectivity index is 4.17. The highest BCUT2D eigenvalue weighted by atomic mass is 14.9. The van der Waals surface area contributed by atoms with Gasteiger partial charge in [0.25, 0.3) is 0 Å². The summed E-state index contributed by atoms with van der Waals surface area (Å²) < 4.78 is 0. The van der Waals surface area contributed by atoms with Crippen molar-refractivity contribution in [2.75, 3.05) is 7.05 Å². The van der Waals surface area contributed by atoms with Gasteiger partial charge in [-0.05, 0) is 43.6 Å². The zero-order chi connectivity index (χ0) is 14.9. The third kappa shape index (κ3) is 10.4. The molecule has 116 valence electrons. The Hall–Kier alpha value is -0.0400. The number of unbranched alkanes of at least 4 members (excludes halogenated alkanes) is 1. The monoisotopic (exact) mass is 269 g/mol. The zero-order valence-electron chi connectivity index (χ0n) is 14.7.